The third-order valence-corrected chi connectivity index (χ3v) is 8.80. The Morgan fingerprint density at radius 1 is 0.486 bits per heavy atom. The number of nitriles is 1. The smallest absolute Gasteiger partial charge is 0.0991 e. The molecule has 0 bridgehead atoms. The van der Waals surface area contributed by atoms with Gasteiger partial charge in [0, 0.05) is 57.4 Å². The summed E-state index contributed by atoms with van der Waals surface area (Å²) in [6.07, 6.45) is 0. The quantitative estimate of drug-likeness (QED) is 0.251. The topological polar surface area (TPSA) is 27.0 Å². The molecule has 0 atom stereocenters. The van der Waals surface area contributed by atoms with E-state index in [0.29, 0.717) is 5.56 Å². The molecule has 0 saturated heterocycles. The average Bonchev–Trinajstić information content (AvgIpc) is 3.47. The summed E-state index contributed by atoms with van der Waals surface area (Å²) in [4.78, 5) is 2.29. The van der Waals surface area contributed by atoms with Gasteiger partial charge in [-0.05, 0) is 72.8 Å². The molecule has 0 spiro atoms. The minimum absolute atomic E-state index is 0.660. The zero-order chi connectivity index (χ0) is 23.4. The van der Waals surface area contributed by atoms with Crippen LogP contribution in [0.2, 0.25) is 0 Å². The fraction of sp³-hybridized carbons (Fsp3) is 0. The first-order valence-electron chi connectivity index (χ1n) is 11.4. The Balaban J connectivity index is 1.47. The van der Waals surface area contributed by atoms with Crippen molar-refractivity contribution in [1.82, 2.24) is 0 Å². The molecular formula is C31H18N2S2. The summed E-state index contributed by atoms with van der Waals surface area (Å²) in [5.74, 6) is 0. The summed E-state index contributed by atoms with van der Waals surface area (Å²) < 4.78 is 5.18. The van der Waals surface area contributed by atoms with Gasteiger partial charge in [0.2, 0.25) is 0 Å². The number of hydrogen-bond acceptors (Lipinski definition) is 4. The molecule has 0 fully saturated rings. The van der Waals surface area contributed by atoms with E-state index < -0.39 is 0 Å². The number of hydrogen-bond donors (Lipinski definition) is 0. The molecule has 2 aromatic heterocycles. The van der Waals surface area contributed by atoms with E-state index in [1.165, 1.54) is 40.3 Å². The van der Waals surface area contributed by atoms with Crippen LogP contribution in [-0.2, 0) is 0 Å². The van der Waals surface area contributed by atoms with Crippen molar-refractivity contribution < 1.29 is 0 Å². The number of nitrogens with zero attached hydrogens (tertiary/aromatic N) is 2. The molecule has 0 saturated carbocycles. The van der Waals surface area contributed by atoms with Crippen molar-refractivity contribution in [1.29, 1.82) is 5.26 Å². The highest BCUT2D eigenvalue weighted by Crippen LogP contribution is 2.43. The summed E-state index contributed by atoms with van der Waals surface area (Å²) in [5, 5.41) is 14.4. The van der Waals surface area contributed by atoms with Crippen LogP contribution in [0.25, 0.3) is 40.3 Å². The molecule has 5 aromatic carbocycles. The van der Waals surface area contributed by atoms with E-state index in [0.717, 1.165) is 17.1 Å². The van der Waals surface area contributed by atoms with Gasteiger partial charge in [-0.15, -0.1) is 22.7 Å². The van der Waals surface area contributed by atoms with Crippen LogP contribution in [0.4, 0.5) is 17.1 Å². The third kappa shape index (κ3) is 3.29. The highest BCUT2D eigenvalue weighted by Gasteiger charge is 2.16. The van der Waals surface area contributed by atoms with Crippen molar-refractivity contribution in [2.45, 2.75) is 0 Å². The van der Waals surface area contributed by atoms with Gasteiger partial charge in [-0.1, -0.05) is 36.4 Å². The largest absolute Gasteiger partial charge is 0.310 e. The van der Waals surface area contributed by atoms with E-state index in [1.807, 2.05) is 46.9 Å². The summed E-state index contributed by atoms with van der Waals surface area (Å²) in [6, 6.07) is 40.7. The number of thiophene rings is 2. The highest BCUT2D eigenvalue weighted by molar-refractivity contribution is 7.26. The van der Waals surface area contributed by atoms with E-state index in [4.69, 9.17) is 0 Å². The van der Waals surface area contributed by atoms with E-state index in [9.17, 15) is 5.26 Å². The molecule has 7 aromatic rings. The standard InChI is InChI=1S/C31H18N2S2/c32-19-20-9-11-21(12-10-20)33(22-13-15-30-26(17-22)24-5-1-3-7-28(24)34-30)23-14-16-31-27(18-23)25-6-2-4-8-29(25)35-31/h1-18H. The maximum Gasteiger partial charge on any atom is 0.0991 e. The van der Waals surface area contributed by atoms with Gasteiger partial charge in [0.05, 0.1) is 11.6 Å². The number of anilines is 3. The van der Waals surface area contributed by atoms with Crippen LogP contribution in [0, 0.1) is 11.3 Å². The minimum Gasteiger partial charge on any atom is -0.310 e. The number of fused-ring (bicyclic) bond motifs is 6. The van der Waals surface area contributed by atoms with Gasteiger partial charge in [-0.25, -0.2) is 0 Å². The monoisotopic (exact) mass is 482 g/mol. The summed E-state index contributed by atoms with van der Waals surface area (Å²) >= 11 is 3.66. The predicted molar refractivity (Wildman–Crippen MR) is 152 cm³/mol. The lowest BCUT2D eigenvalue weighted by Crippen LogP contribution is -2.09. The summed E-state index contributed by atoms with van der Waals surface area (Å²) in [6.45, 7) is 0. The van der Waals surface area contributed by atoms with Crippen LogP contribution >= 0.6 is 22.7 Å². The predicted octanol–water partition coefficient (Wildman–Crippen LogP) is 9.76. The van der Waals surface area contributed by atoms with Crippen molar-refractivity contribution in [2.24, 2.45) is 0 Å². The molecule has 164 valence electrons. The van der Waals surface area contributed by atoms with Crippen molar-refractivity contribution in [3.63, 3.8) is 0 Å². The Bertz CT molecular complexity index is 1810. The second kappa shape index (κ2) is 7.95. The van der Waals surface area contributed by atoms with Crippen molar-refractivity contribution in [2.75, 3.05) is 4.90 Å². The molecule has 2 nitrogen and oxygen atoms in total. The van der Waals surface area contributed by atoms with Gasteiger partial charge in [0.25, 0.3) is 0 Å². The molecule has 0 aliphatic rings. The number of rotatable bonds is 3. The van der Waals surface area contributed by atoms with E-state index in [-0.39, 0.29) is 0 Å². The molecule has 4 heteroatoms. The molecule has 0 aliphatic heterocycles. The van der Waals surface area contributed by atoms with Crippen LogP contribution in [0.1, 0.15) is 5.56 Å². The fourth-order valence-corrected chi connectivity index (χ4v) is 7.01. The second-order valence-corrected chi connectivity index (χ2v) is 10.7. The molecule has 0 radical (unpaired) electrons. The van der Waals surface area contributed by atoms with Crippen molar-refractivity contribution in [3.05, 3.63) is 115 Å². The van der Waals surface area contributed by atoms with Gasteiger partial charge in [0.1, 0.15) is 0 Å². The lowest BCUT2D eigenvalue weighted by atomic mass is 10.1. The van der Waals surface area contributed by atoms with Crippen LogP contribution < -0.4 is 4.90 Å². The fourth-order valence-electron chi connectivity index (χ4n) is 4.84. The van der Waals surface area contributed by atoms with E-state index >= 15 is 0 Å². The van der Waals surface area contributed by atoms with Gasteiger partial charge >= 0.3 is 0 Å². The lowest BCUT2D eigenvalue weighted by molar-refractivity contribution is 1.29. The molecule has 0 aliphatic carbocycles. The van der Waals surface area contributed by atoms with Crippen LogP contribution in [-0.4, -0.2) is 0 Å². The molecule has 0 N–H and O–H groups in total. The lowest BCUT2D eigenvalue weighted by Gasteiger charge is -2.26. The molecule has 0 unspecified atom stereocenters. The summed E-state index contributed by atoms with van der Waals surface area (Å²) in [7, 11) is 0. The minimum atomic E-state index is 0.660. The maximum atomic E-state index is 9.33. The van der Waals surface area contributed by atoms with E-state index in [1.54, 1.807) is 0 Å². The molecule has 0 amide bonds. The number of benzene rings is 5. The van der Waals surface area contributed by atoms with Gasteiger partial charge in [-0.3, -0.25) is 0 Å². The first kappa shape index (κ1) is 20.2. The first-order chi connectivity index (χ1) is 17.3. The van der Waals surface area contributed by atoms with Crippen LogP contribution in [0.3, 0.4) is 0 Å². The zero-order valence-electron chi connectivity index (χ0n) is 18.6. The van der Waals surface area contributed by atoms with E-state index in [2.05, 4.69) is 95.9 Å². The van der Waals surface area contributed by atoms with Gasteiger partial charge in [0.15, 0.2) is 0 Å². The second-order valence-electron chi connectivity index (χ2n) is 8.55. The Morgan fingerprint density at radius 3 is 1.46 bits per heavy atom. The van der Waals surface area contributed by atoms with Gasteiger partial charge < -0.3 is 4.90 Å². The molecular weight excluding hydrogens is 464 g/mol. The Labute approximate surface area is 210 Å². The third-order valence-electron chi connectivity index (χ3n) is 6.49. The van der Waals surface area contributed by atoms with Crippen LogP contribution in [0.5, 0.6) is 0 Å². The normalized spacial score (nSPS) is 11.4. The summed E-state index contributed by atoms with van der Waals surface area (Å²) in [5.41, 5.74) is 3.89. The van der Waals surface area contributed by atoms with Crippen molar-refractivity contribution >= 4 is 80.1 Å². The highest BCUT2D eigenvalue weighted by atomic mass is 32.1. The Hall–Kier alpha value is -4.17. The zero-order valence-corrected chi connectivity index (χ0v) is 20.2. The molecule has 2 heterocycles. The molecule has 7 rings (SSSR count). The first-order valence-corrected chi connectivity index (χ1v) is 13.0. The van der Waals surface area contributed by atoms with Crippen molar-refractivity contribution in [3.8, 4) is 6.07 Å². The molecule has 35 heavy (non-hydrogen) atoms. The Kier molecular flexibility index (Phi) is 4.60. The van der Waals surface area contributed by atoms with Crippen LogP contribution in [0.15, 0.2) is 109 Å². The average molecular weight is 483 g/mol. The SMILES string of the molecule is N#Cc1ccc(N(c2ccc3sc4ccccc4c3c2)c2ccc3sc4ccccc4c3c2)cc1. The maximum absolute atomic E-state index is 9.33. The van der Waals surface area contributed by atoms with Gasteiger partial charge in [-0.2, -0.15) is 5.26 Å². The Morgan fingerprint density at radius 2 is 0.943 bits per heavy atom.